The highest BCUT2D eigenvalue weighted by Crippen LogP contribution is 2.32. The van der Waals surface area contributed by atoms with E-state index in [1.54, 1.807) is 13.3 Å². The van der Waals surface area contributed by atoms with E-state index in [0.29, 0.717) is 12.0 Å². The molecular formula is C14H22N2O. The van der Waals surface area contributed by atoms with E-state index in [1.165, 1.54) is 37.7 Å². The molecular weight excluding hydrogens is 212 g/mol. The molecule has 2 unspecified atom stereocenters. The topological polar surface area (TPSA) is 34.2 Å². The maximum atomic E-state index is 5.26. The fraction of sp³-hybridized carbons (Fsp3) is 0.643. The van der Waals surface area contributed by atoms with Gasteiger partial charge in [0.1, 0.15) is 5.75 Å². The van der Waals surface area contributed by atoms with E-state index < -0.39 is 0 Å². The van der Waals surface area contributed by atoms with Gasteiger partial charge >= 0.3 is 0 Å². The lowest BCUT2D eigenvalue weighted by Crippen LogP contribution is -2.31. The molecule has 1 heterocycles. The van der Waals surface area contributed by atoms with Gasteiger partial charge in [0.25, 0.3) is 0 Å². The summed E-state index contributed by atoms with van der Waals surface area (Å²) in [6, 6.07) is 2.71. The zero-order valence-electron chi connectivity index (χ0n) is 10.8. The third kappa shape index (κ3) is 2.97. The van der Waals surface area contributed by atoms with Crippen LogP contribution >= 0.6 is 0 Å². The summed E-state index contributed by atoms with van der Waals surface area (Å²) in [6.45, 7) is 0. The summed E-state index contributed by atoms with van der Waals surface area (Å²) in [5, 5.41) is 3.46. The standard InChI is InChI=1S/C14H22N2O/c1-15-14-7-5-3-4-6-13(14)11-8-12(17-2)10-16-9-11/h8-10,13-15H,3-7H2,1-2H3. The molecule has 3 heteroatoms. The molecule has 0 bridgehead atoms. The second-order valence-corrected chi connectivity index (χ2v) is 4.80. The predicted molar refractivity (Wildman–Crippen MR) is 69.5 cm³/mol. The molecule has 17 heavy (non-hydrogen) atoms. The molecule has 0 aliphatic heterocycles. The largest absolute Gasteiger partial charge is 0.495 e. The predicted octanol–water partition coefficient (Wildman–Crippen LogP) is 2.73. The van der Waals surface area contributed by atoms with E-state index in [1.807, 2.05) is 6.20 Å². The molecule has 1 aromatic heterocycles. The number of hydrogen-bond donors (Lipinski definition) is 1. The summed E-state index contributed by atoms with van der Waals surface area (Å²) >= 11 is 0. The van der Waals surface area contributed by atoms with Gasteiger partial charge in [0.2, 0.25) is 0 Å². The second-order valence-electron chi connectivity index (χ2n) is 4.80. The van der Waals surface area contributed by atoms with Crippen LogP contribution < -0.4 is 10.1 Å². The lowest BCUT2D eigenvalue weighted by Gasteiger charge is -2.25. The van der Waals surface area contributed by atoms with Crippen molar-refractivity contribution in [2.45, 2.75) is 44.1 Å². The Morgan fingerprint density at radius 2 is 2.06 bits per heavy atom. The number of methoxy groups -OCH3 is 1. The molecule has 2 atom stereocenters. The Bertz CT molecular complexity index is 354. The van der Waals surface area contributed by atoms with Crippen molar-refractivity contribution in [3.63, 3.8) is 0 Å². The first kappa shape index (κ1) is 12.4. The van der Waals surface area contributed by atoms with Crippen LogP contribution in [0.3, 0.4) is 0 Å². The molecule has 1 aliphatic rings. The summed E-state index contributed by atoms with van der Waals surface area (Å²) in [5.41, 5.74) is 1.31. The van der Waals surface area contributed by atoms with Crippen LogP contribution in [0.2, 0.25) is 0 Å². The Labute approximate surface area is 104 Å². The van der Waals surface area contributed by atoms with Crippen LogP contribution in [-0.2, 0) is 0 Å². The van der Waals surface area contributed by atoms with Crippen molar-refractivity contribution in [2.75, 3.05) is 14.2 Å². The number of likely N-dealkylation sites (N-methyl/N-ethyl adjacent to an activating group) is 1. The van der Waals surface area contributed by atoms with Crippen LogP contribution in [-0.4, -0.2) is 25.2 Å². The molecule has 1 fully saturated rings. The Morgan fingerprint density at radius 1 is 1.24 bits per heavy atom. The van der Waals surface area contributed by atoms with Crippen LogP contribution in [0.25, 0.3) is 0 Å². The molecule has 0 spiro atoms. The monoisotopic (exact) mass is 234 g/mol. The minimum atomic E-state index is 0.574. The van der Waals surface area contributed by atoms with Gasteiger partial charge in [-0.1, -0.05) is 19.3 Å². The summed E-state index contributed by atoms with van der Waals surface area (Å²) in [7, 11) is 3.76. The first-order chi connectivity index (χ1) is 8.35. The molecule has 3 nitrogen and oxygen atoms in total. The van der Waals surface area contributed by atoms with Crippen molar-refractivity contribution < 1.29 is 4.74 Å². The normalized spacial score (nSPS) is 25.3. The van der Waals surface area contributed by atoms with Gasteiger partial charge in [0, 0.05) is 18.2 Å². The lowest BCUT2D eigenvalue weighted by atomic mass is 9.88. The molecule has 2 rings (SSSR count). The van der Waals surface area contributed by atoms with Crippen LogP contribution in [0.4, 0.5) is 0 Å². The van der Waals surface area contributed by atoms with Crippen LogP contribution in [0, 0.1) is 0 Å². The average molecular weight is 234 g/mol. The number of hydrogen-bond acceptors (Lipinski definition) is 3. The van der Waals surface area contributed by atoms with E-state index in [0.717, 1.165) is 5.75 Å². The second kappa shape index (κ2) is 6.01. The first-order valence-electron chi connectivity index (χ1n) is 6.51. The summed E-state index contributed by atoms with van der Waals surface area (Å²) in [5.74, 6) is 1.44. The third-order valence-electron chi connectivity index (χ3n) is 3.78. The Kier molecular flexibility index (Phi) is 4.37. The van der Waals surface area contributed by atoms with Gasteiger partial charge in [-0.15, -0.1) is 0 Å². The number of nitrogens with one attached hydrogen (secondary N) is 1. The molecule has 0 radical (unpaired) electrons. The van der Waals surface area contributed by atoms with Gasteiger partial charge in [-0.25, -0.2) is 0 Å². The van der Waals surface area contributed by atoms with Gasteiger partial charge < -0.3 is 10.1 Å². The van der Waals surface area contributed by atoms with E-state index in [4.69, 9.17) is 4.74 Å². The minimum absolute atomic E-state index is 0.574. The Hall–Kier alpha value is -1.09. The average Bonchev–Trinajstić information content (AvgIpc) is 2.63. The number of aromatic nitrogens is 1. The van der Waals surface area contributed by atoms with Gasteiger partial charge in [-0.3, -0.25) is 4.98 Å². The molecule has 0 amide bonds. The number of ether oxygens (including phenoxy) is 1. The molecule has 1 saturated carbocycles. The van der Waals surface area contributed by atoms with Gasteiger partial charge in [0.15, 0.2) is 0 Å². The van der Waals surface area contributed by atoms with E-state index >= 15 is 0 Å². The number of nitrogens with zero attached hydrogens (tertiary/aromatic N) is 1. The minimum Gasteiger partial charge on any atom is -0.495 e. The van der Waals surface area contributed by atoms with Crippen molar-refractivity contribution in [1.29, 1.82) is 0 Å². The van der Waals surface area contributed by atoms with Crippen LogP contribution in [0.15, 0.2) is 18.5 Å². The van der Waals surface area contributed by atoms with Gasteiger partial charge in [0.05, 0.1) is 13.3 Å². The summed E-state index contributed by atoms with van der Waals surface area (Å²) < 4.78 is 5.26. The van der Waals surface area contributed by atoms with Crippen molar-refractivity contribution in [3.8, 4) is 5.75 Å². The molecule has 1 aliphatic carbocycles. The van der Waals surface area contributed by atoms with Crippen molar-refractivity contribution in [3.05, 3.63) is 24.0 Å². The van der Waals surface area contributed by atoms with E-state index in [2.05, 4.69) is 23.4 Å². The van der Waals surface area contributed by atoms with Crippen LogP contribution in [0.5, 0.6) is 5.75 Å². The maximum Gasteiger partial charge on any atom is 0.137 e. The van der Waals surface area contributed by atoms with Crippen molar-refractivity contribution in [2.24, 2.45) is 0 Å². The first-order valence-corrected chi connectivity index (χ1v) is 6.51. The third-order valence-corrected chi connectivity index (χ3v) is 3.78. The highest BCUT2D eigenvalue weighted by Gasteiger charge is 2.24. The zero-order chi connectivity index (χ0) is 12.1. The molecule has 0 saturated heterocycles. The Morgan fingerprint density at radius 3 is 2.82 bits per heavy atom. The molecule has 1 aromatic rings. The quantitative estimate of drug-likeness (QED) is 0.817. The van der Waals surface area contributed by atoms with E-state index in [-0.39, 0.29) is 0 Å². The summed E-state index contributed by atoms with van der Waals surface area (Å²) in [6.07, 6.45) is 10.3. The number of pyridine rings is 1. The smallest absolute Gasteiger partial charge is 0.137 e. The Balaban J connectivity index is 2.21. The highest BCUT2D eigenvalue weighted by atomic mass is 16.5. The maximum absolute atomic E-state index is 5.26. The fourth-order valence-electron chi connectivity index (χ4n) is 2.80. The highest BCUT2D eigenvalue weighted by molar-refractivity contribution is 5.27. The molecule has 0 aromatic carbocycles. The molecule has 94 valence electrons. The van der Waals surface area contributed by atoms with Crippen molar-refractivity contribution in [1.82, 2.24) is 10.3 Å². The fourth-order valence-corrected chi connectivity index (χ4v) is 2.80. The van der Waals surface area contributed by atoms with E-state index in [9.17, 15) is 0 Å². The molecule has 1 N–H and O–H groups in total. The number of rotatable bonds is 3. The summed E-state index contributed by atoms with van der Waals surface area (Å²) in [4.78, 5) is 4.28. The van der Waals surface area contributed by atoms with Gasteiger partial charge in [-0.05, 0) is 31.5 Å². The lowest BCUT2D eigenvalue weighted by molar-refractivity contribution is 0.406. The SMILES string of the molecule is CNC1CCCCCC1c1cncc(OC)c1. The zero-order valence-corrected chi connectivity index (χ0v) is 10.8. The van der Waals surface area contributed by atoms with Gasteiger partial charge in [-0.2, -0.15) is 0 Å². The van der Waals surface area contributed by atoms with Crippen molar-refractivity contribution >= 4 is 0 Å². The van der Waals surface area contributed by atoms with Crippen LogP contribution in [0.1, 0.15) is 43.6 Å².